The molecule has 0 bridgehead atoms. The zero-order valence-corrected chi connectivity index (χ0v) is 27.7. The van der Waals surface area contributed by atoms with Gasteiger partial charge in [-0.25, -0.2) is 0 Å². The molecule has 244 valence electrons. The molecule has 4 rings (SSSR count). The maximum absolute atomic E-state index is 12.4. The quantitative estimate of drug-likeness (QED) is 0.0887. The molecule has 0 radical (unpaired) electrons. The minimum atomic E-state index is -1.27. The molecule has 3 aliphatic heterocycles. The summed E-state index contributed by atoms with van der Waals surface area (Å²) < 4.78 is 0. The van der Waals surface area contributed by atoms with Gasteiger partial charge in [0.05, 0.1) is 41.4 Å². The van der Waals surface area contributed by atoms with Gasteiger partial charge in [-0.2, -0.15) is 0 Å². The van der Waals surface area contributed by atoms with E-state index in [9.17, 15) is 53.7 Å². The summed E-state index contributed by atoms with van der Waals surface area (Å²) in [6.45, 7) is 14.1. The number of nitrogens with zero attached hydrogens (tertiary/aromatic N) is 3. The van der Waals surface area contributed by atoms with Gasteiger partial charge in [-0.1, -0.05) is 20.8 Å². The molecule has 0 spiro atoms. The summed E-state index contributed by atoms with van der Waals surface area (Å²) in [5, 5.41) is 30.1. The number of carbonyl (C=O) groups excluding carboxylic acids is 8. The molecule has 3 saturated heterocycles. The van der Waals surface area contributed by atoms with Crippen molar-refractivity contribution in [3.63, 3.8) is 0 Å². The second kappa shape index (κ2) is 18.9. The maximum atomic E-state index is 12.4. The zero-order valence-electron chi connectivity index (χ0n) is 26.6. The summed E-state index contributed by atoms with van der Waals surface area (Å²) in [5.41, 5.74) is 1.89. The van der Waals surface area contributed by atoms with Gasteiger partial charge in [-0.05, 0) is 40.0 Å². The Morgan fingerprint density at radius 3 is 1.09 bits per heavy atom. The third-order valence-corrected chi connectivity index (χ3v) is 7.04. The summed E-state index contributed by atoms with van der Waals surface area (Å²) in [6.07, 6.45) is 2.48. The van der Waals surface area contributed by atoms with Crippen LogP contribution in [0, 0.1) is 17.8 Å². The van der Waals surface area contributed by atoms with Gasteiger partial charge >= 0.3 is 17.4 Å². The number of Topliss-reactive ketones (excluding diaryl/α,β-unsaturated/α-hetero) is 4. The van der Waals surface area contributed by atoms with E-state index in [2.05, 4.69) is 0 Å². The Kier molecular flexibility index (Phi) is 17.3. The Labute approximate surface area is 273 Å². The van der Waals surface area contributed by atoms with Gasteiger partial charge in [-0.15, -0.1) is 0 Å². The van der Waals surface area contributed by atoms with Crippen LogP contribution in [0.25, 0.3) is 0 Å². The number of carboxylic acid groups (broad SMARTS) is 3. The van der Waals surface area contributed by atoms with E-state index in [0.717, 1.165) is 39.3 Å². The van der Waals surface area contributed by atoms with Gasteiger partial charge in [-0.3, -0.25) is 24.0 Å². The molecule has 14 nitrogen and oxygen atoms in total. The molecule has 0 amide bonds. The van der Waals surface area contributed by atoms with E-state index in [4.69, 9.17) is 0 Å². The van der Waals surface area contributed by atoms with Gasteiger partial charge < -0.3 is 44.4 Å². The number of hydrogen-bond acceptors (Lipinski definition) is 14. The average molecular weight is 646 g/mol. The Morgan fingerprint density at radius 1 is 0.600 bits per heavy atom. The van der Waals surface area contributed by atoms with E-state index < -0.39 is 35.7 Å². The Hall–Kier alpha value is -3.83. The molecule has 3 atom stereocenters. The van der Waals surface area contributed by atoms with Gasteiger partial charge in [0, 0.05) is 45.3 Å². The van der Waals surface area contributed by atoms with Crippen molar-refractivity contribution in [3.8, 4) is 0 Å². The van der Waals surface area contributed by atoms with E-state index in [1.165, 1.54) is 26.8 Å². The number of allylic oxidation sites excluding steroid dienone is 1. The first-order chi connectivity index (χ1) is 20.5. The molecule has 15 heteroatoms. The van der Waals surface area contributed by atoms with E-state index in [1.807, 2.05) is 14.7 Å². The van der Waals surface area contributed by atoms with Crippen molar-refractivity contribution in [1.82, 2.24) is 14.7 Å². The fourth-order valence-electron chi connectivity index (χ4n) is 4.14. The molecule has 0 N–H and O–H groups in total. The van der Waals surface area contributed by atoms with Crippen LogP contribution in [0.3, 0.4) is 0 Å². The molecule has 0 aromatic carbocycles. The molecule has 4 aliphatic rings. The second-order valence-electron chi connectivity index (χ2n) is 10.6. The van der Waals surface area contributed by atoms with Crippen molar-refractivity contribution in [2.24, 2.45) is 17.8 Å². The Bertz CT molecular complexity index is 1110. The minimum Gasteiger partial charge on any atom is -0.549 e. The summed E-state index contributed by atoms with van der Waals surface area (Å²) >= 11 is 0. The van der Waals surface area contributed by atoms with Gasteiger partial charge in [0.2, 0.25) is 11.6 Å². The first kappa shape index (κ1) is 41.2. The van der Waals surface area contributed by atoms with Crippen LogP contribution in [-0.2, 0) is 38.4 Å². The standard InChI is InChI=1S/C12H13N3O2.3C6H10O3.Al/c16-9-7-8(13-1-2-13)12(17)11(15-5-6-15)10(9)14-3-4-14;3*1-3-5(4(2)7)6(8)9;/h7H,1-6H2;3*5H,3H2,1-2H3,(H,8,9);/q;;;;+3/p-3. The van der Waals surface area contributed by atoms with Crippen molar-refractivity contribution in [3.05, 3.63) is 23.2 Å². The molecular weight excluding hydrogens is 605 g/mol. The van der Waals surface area contributed by atoms with Crippen LogP contribution in [0.15, 0.2) is 23.2 Å². The van der Waals surface area contributed by atoms with Crippen LogP contribution in [0.4, 0.5) is 0 Å². The fourth-order valence-corrected chi connectivity index (χ4v) is 4.14. The van der Waals surface area contributed by atoms with E-state index in [0.29, 0.717) is 36.4 Å². The van der Waals surface area contributed by atoms with E-state index in [1.54, 1.807) is 20.8 Å². The van der Waals surface area contributed by atoms with Gasteiger partial charge in [0.25, 0.3) is 0 Å². The normalized spacial score (nSPS) is 17.6. The van der Waals surface area contributed by atoms with Crippen LogP contribution < -0.4 is 15.3 Å². The summed E-state index contributed by atoms with van der Waals surface area (Å²) in [7, 11) is 0. The predicted molar refractivity (Wildman–Crippen MR) is 154 cm³/mol. The summed E-state index contributed by atoms with van der Waals surface area (Å²) in [5.74, 6) is -7.51. The molecule has 0 aromatic heterocycles. The molecule has 45 heavy (non-hydrogen) atoms. The summed E-state index contributed by atoms with van der Waals surface area (Å²) in [4.78, 5) is 91.8. The van der Waals surface area contributed by atoms with Gasteiger partial charge in [0.15, 0.2) is 0 Å². The van der Waals surface area contributed by atoms with Crippen molar-refractivity contribution >= 4 is 64.2 Å². The SMILES string of the molecule is CCC(C(C)=O)C(=O)[O-].CCC(C(C)=O)C(=O)[O-].CCC(C(C)=O)C(=O)[O-].O=C1C=C(N2CC2)C(=O)C(N2CC2)=C1N1CC1.[Al+3]. The molecule has 3 unspecified atom stereocenters. The maximum Gasteiger partial charge on any atom is 3.00 e. The second-order valence-corrected chi connectivity index (χ2v) is 10.6. The van der Waals surface area contributed by atoms with Crippen molar-refractivity contribution in [2.75, 3.05) is 39.3 Å². The average Bonchev–Trinajstić information content (AvgIpc) is 3.73. The number of carbonyl (C=O) groups is 8. The predicted octanol–water partition coefficient (Wildman–Crippen LogP) is -3.15. The molecule has 1 aliphatic carbocycles. The smallest absolute Gasteiger partial charge is 0.549 e. The zero-order chi connectivity index (χ0) is 33.9. The first-order valence-corrected chi connectivity index (χ1v) is 14.5. The number of aliphatic carboxylic acids is 3. The molecular formula is C30H40AlN3O11. The third kappa shape index (κ3) is 13.0. The Morgan fingerprint density at radius 2 is 0.889 bits per heavy atom. The molecule has 0 aromatic rings. The topological polar surface area (TPSA) is 215 Å². The Balaban J connectivity index is 0.000000608. The van der Waals surface area contributed by atoms with E-state index >= 15 is 0 Å². The van der Waals surface area contributed by atoms with Crippen molar-refractivity contribution in [1.29, 1.82) is 0 Å². The largest absolute Gasteiger partial charge is 3.00 e. The number of rotatable bonds is 12. The van der Waals surface area contributed by atoms with Crippen molar-refractivity contribution in [2.45, 2.75) is 60.8 Å². The van der Waals surface area contributed by atoms with Crippen LogP contribution >= 0.6 is 0 Å². The third-order valence-electron chi connectivity index (χ3n) is 7.04. The van der Waals surface area contributed by atoms with Crippen LogP contribution in [0.1, 0.15) is 60.8 Å². The fraction of sp³-hybridized carbons (Fsp3) is 0.600. The van der Waals surface area contributed by atoms with Crippen LogP contribution in [0.5, 0.6) is 0 Å². The summed E-state index contributed by atoms with van der Waals surface area (Å²) in [6, 6.07) is 0. The molecule has 0 saturated carbocycles. The minimum absolute atomic E-state index is 0. The first-order valence-electron chi connectivity index (χ1n) is 14.5. The molecule has 3 fully saturated rings. The van der Waals surface area contributed by atoms with E-state index in [-0.39, 0.29) is 46.3 Å². The van der Waals surface area contributed by atoms with Crippen molar-refractivity contribution < 1.29 is 53.7 Å². The number of hydrogen-bond donors (Lipinski definition) is 0. The number of carboxylic acids is 3. The number of ketones is 5. The van der Waals surface area contributed by atoms with Crippen LogP contribution in [0.2, 0.25) is 0 Å². The monoisotopic (exact) mass is 645 g/mol. The molecule has 3 heterocycles. The van der Waals surface area contributed by atoms with Gasteiger partial charge in [0.1, 0.15) is 28.7 Å². The van der Waals surface area contributed by atoms with Crippen LogP contribution in [-0.4, -0.2) is 118 Å².